The number of carbonyl (C=O) groups excluding carboxylic acids is 1. The second-order valence-electron chi connectivity index (χ2n) is 5.25. The summed E-state index contributed by atoms with van der Waals surface area (Å²) in [5, 5.41) is 14.7. The van der Waals surface area contributed by atoms with Crippen LogP contribution in [-0.4, -0.2) is 20.9 Å². The van der Waals surface area contributed by atoms with Crippen molar-refractivity contribution in [2.45, 2.75) is 19.0 Å². The lowest BCUT2D eigenvalue weighted by Crippen LogP contribution is -2.11. The van der Waals surface area contributed by atoms with Gasteiger partial charge in [0.1, 0.15) is 5.01 Å². The second kappa shape index (κ2) is 6.68. The molecule has 2 aromatic heterocycles. The molecular weight excluding hydrogens is 369 g/mol. The number of aromatic nitrogens is 3. The van der Waals surface area contributed by atoms with Gasteiger partial charge in [-0.05, 0) is 6.92 Å². The summed E-state index contributed by atoms with van der Waals surface area (Å²) in [6.07, 6.45) is -4.73. The number of nitriles is 1. The number of halogens is 3. The largest absolute Gasteiger partial charge is 0.471 e. The molecule has 0 unspecified atom stereocenters. The summed E-state index contributed by atoms with van der Waals surface area (Å²) in [6.45, 7) is 1.76. The van der Waals surface area contributed by atoms with Gasteiger partial charge in [0.2, 0.25) is 5.82 Å². The third kappa shape index (κ3) is 3.48. The van der Waals surface area contributed by atoms with E-state index in [1.54, 1.807) is 12.3 Å². The lowest BCUT2D eigenvalue weighted by atomic mass is 9.98. The summed E-state index contributed by atoms with van der Waals surface area (Å²) in [6, 6.07) is 7.50. The van der Waals surface area contributed by atoms with Crippen LogP contribution in [0.5, 0.6) is 0 Å². The van der Waals surface area contributed by atoms with Crippen molar-refractivity contribution in [2.24, 2.45) is 0 Å². The summed E-state index contributed by atoms with van der Waals surface area (Å²) < 4.78 is 41.7. The molecule has 0 bridgehead atoms. The number of aryl methyl sites for hydroxylation is 1. The maximum absolute atomic E-state index is 12.5. The molecular formula is C16H9F3N4O2S. The fourth-order valence-electron chi connectivity index (χ4n) is 2.14. The van der Waals surface area contributed by atoms with Crippen LogP contribution in [-0.2, 0) is 6.18 Å². The maximum Gasteiger partial charge on any atom is 0.471 e. The Kier molecular flexibility index (Phi) is 4.56. The molecule has 0 aliphatic heterocycles. The molecule has 6 nitrogen and oxygen atoms in total. The predicted molar refractivity (Wildman–Crippen MR) is 84.3 cm³/mol. The minimum Gasteiger partial charge on any atom is -0.329 e. The molecule has 0 spiro atoms. The van der Waals surface area contributed by atoms with E-state index in [2.05, 4.69) is 19.6 Å². The Labute approximate surface area is 148 Å². The first-order chi connectivity index (χ1) is 12.3. The average molecular weight is 378 g/mol. The third-order valence-electron chi connectivity index (χ3n) is 3.37. The Balaban J connectivity index is 1.84. The first kappa shape index (κ1) is 17.8. The number of alkyl halides is 3. The van der Waals surface area contributed by atoms with Gasteiger partial charge in [0.15, 0.2) is 11.7 Å². The van der Waals surface area contributed by atoms with E-state index < -0.39 is 23.8 Å². The van der Waals surface area contributed by atoms with Gasteiger partial charge in [-0.1, -0.05) is 29.4 Å². The van der Waals surface area contributed by atoms with Crippen LogP contribution in [0.1, 0.15) is 32.9 Å². The van der Waals surface area contributed by atoms with Gasteiger partial charge in [0.05, 0.1) is 6.07 Å². The van der Waals surface area contributed by atoms with E-state index in [1.807, 2.05) is 6.07 Å². The molecule has 132 valence electrons. The number of carbonyl (C=O) groups is 1. The van der Waals surface area contributed by atoms with Crippen LogP contribution >= 0.6 is 11.3 Å². The average Bonchev–Trinajstić information content (AvgIpc) is 3.25. The molecule has 2 heterocycles. The second-order valence-corrected chi connectivity index (χ2v) is 6.14. The molecule has 1 atom stereocenters. The lowest BCUT2D eigenvalue weighted by molar-refractivity contribution is -0.159. The number of benzene rings is 1. The summed E-state index contributed by atoms with van der Waals surface area (Å²) >= 11 is 1.22. The zero-order valence-electron chi connectivity index (χ0n) is 13.1. The lowest BCUT2D eigenvalue weighted by Gasteiger charge is -2.05. The molecule has 3 aromatic rings. The normalized spacial score (nSPS) is 12.6. The smallest absolute Gasteiger partial charge is 0.329 e. The number of thiazole rings is 1. The van der Waals surface area contributed by atoms with Gasteiger partial charge in [-0.3, -0.25) is 4.79 Å². The zero-order valence-corrected chi connectivity index (χ0v) is 13.9. The van der Waals surface area contributed by atoms with Gasteiger partial charge >= 0.3 is 12.1 Å². The SMILES string of the molecule is Cc1csc([C@@H](C#N)C(=O)c2ccc(-c3noc(C(F)(F)F)n3)cc2)n1. The maximum atomic E-state index is 12.5. The van der Waals surface area contributed by atoms with Crippen LogP contribution < -0.4 is 0 Å². The molecule has 0 saturated heterocycles. The zero-order chi connectivity index (χ0) is 18.9. The summed E-state index contributed by atoms with van der Waals surface area (Å²) in [5.74, 6) is -3.18. The van der Waals surface area contributed by atoms with E-state index in [1.165, 1.54) is 35.6 Å². The molecule has 0 amide bonds. The molecule has 0 saturated carbocycles. The highest BCUT2D eigenvalue weighted by Gasteiger charge is 2.38. The Morgan fingerprint density at radius 1 is 1.27 bits per heavy atom. The first-order valence-electron chi connectivity index (χ1n) is 7.17. The molecule has 0 aliphatic rings. The Bertz CT molecular complexity index is 986. The monoisotopic (exact) mass is 378 g/mol. The van der Waals surface area contributed by atoms with E-state index in [0.29, 0.717) is 10.7 Å². The summed E-state index contributed by atoms with van der Waals surface area (Å²) in [4.78, 5) is 19.9. The van der Waals surface area contributed by atoms with Crippen molar-refractivity contribution in [3.8, 4) is 17.5 Å². The van der Waals surface area contributed by atoms with Crippen molar-refractivity contribution in [3.63, 3.8) is 0 Å². The number of hydrogen-bond acceptors (Lipinski definition) is 7. The van der Waals surface area contributed by atoms with Crippen LogP contribution in [0, 0.1) is 18.3 Å². The molecule has 1 aromatic carbocycles. The van der Waals surface area contributed by atoms with Crippen LogP contribution in [0.3, 0.4) is 0 Å². The molecule has 10 heteroatoms. The minimum absolute atomic E-state index is 0.229. The van der Waals surface area contributed by atoms with Crippen LogP contribution in [0.15, 0.2) is 34.2 Å². The van der Waals surface area contributed by atoms with Crippen molar-refractivity contribution in [1.29, 1.82) is 5.26 Å². The predicted octanol–water partition coefficient (Wildman–Crippen LogP) is 4.01. The van der Waals surface area contributed by atoms with Gasteiger partial charge in [-0.25, -0.2) is 4.98 Å². The fraction of sp³-hybridized carbons (Fsp3) is 0.188. The number of nitrogens with zero attached hydrogens (tertiary/aromatic N) is 4. The van der Waals surface area contributed by atoms with Gasteiger partial charge < -0.3 is 4.52 Å². The third-order valence-corrected chi connectivity index (χ3v) is 4.40. The highest BCUT2D eigenvalue weighted by molar-refractivity contribution is 7.10. The quantitative estimate of drug-likeness (QED) is 0.637. The molecule has 0 radical (unpaired) electrons. The first-order valence-corrected chi connectivity index (χ1v) is 8.04. The Morgan fingerprint density at radius 3 is 2.46 bits per heavy atom. The van der Waals surface area contributed by atoms with E-state index in [-0.39, 0.29) is 17.0 Å². The van der Waals surface area contributed by atoms with E-state index in [9.17, 15) is 23.2 Å². The molecule has 0 aliphatic carbocycles. The van der Waals surface area contributed by atoms with Gasteiger partial charge in [0.25, 0.3) is 0 Å². The Hall–Kier alpha value is -3.06. The molecule has 0 fully saturated rings. The van der Waals surface area contributed by atoms with Crippen LogP contribution in [0.2, 0.25) is 0 Å². The van der Waals surface area contributed by atoms with Crippen LogP contribution in [0.25, 0.3) is 11.4 Å². The minimum atomic E-state index is -4.73. The highest BCUT2D eigenvalue weighted by Crippen LogP contribution is 2.30. The molecule has 26 heavy (non-hydrogen) atoms. The standard InChI is InChI=1S/C16H9F3N4O2S/c1-8-7-26-14(21-8)11(6-20)12(24)9-2-4-10(5-3-9)13-22-15(25-23-13)16(17,18)19/h2-5,7,11H,1H3/t11-/m0/s1. The number of hydrogen-bond donors (Lipinski definition) is 0. The van der Waals surface area contributed by atoms with Crippen molar-refractivity contribution in [1.82, 2.24) is 15.1 Å². The highest BCUT2D eigenvalue weighted by atomic mass is 32.1. The van der Waals surface area contributed by atoms with Crippen molar-refractivity contribution in [2.75, 3.05) is 0 Å². The van der Waals surface area contributed by atoms with Gasteiger partial charge in [-0.2, -0.15) is 23.4 Å². The van der Waals surface area contributed by atoms with E-state index >= 15 is 0 Å². The van der Waals surface area contributed by atoms with Crippen molar-refractivity contribution < 1.29 is 22.5 Å². The number of Topliss-reactive ketones (excluding diaryl/α,β-unsaturated/α-hetero) is 1. The Morgan fingerprint density at radius 2 is 1.96 bits per heavy atom. The van der Waals surface area contributed by atoms with Crippen molar-refractivity contribution in [3.05, 3.63) is 51.8 Å². The van der Waals surface area contributed by atoms with E-state index in [0.717, 1.165) is 0 Å². The fourth-order valence-corrected chi connectivity index (χ4v) is 2.97. The summed E-state index contributed by atoms with van der Waals surface area (Å²) in [5.41, 5.74) is 1.19. The molecule has 3 rings (SSSR count). The number of rotatable bonds is 4. The van der Waals surface area contributed by atoms with Gasteiger partial charge in [0, 0.05) is 22.2 Å². The summed E-state index contributed by atoms with van der Waals surface area (Å²) in [7, 11) is 0. The van der Waals surface area contributed by atoms with E-state index in [4.69, 9.17) is 0 Å². The van der Waals surface area contributed by atoms with Crippen molar-refractivity contribution >= 4 is 17.1 Å². The van der Waals surface area contributed by atoms with Gasteiger partial charge in [-0.15, -0.1) is 11.3 Å². The molecule has 0 N–H and O–H groups in total. The van der Waals surface area contributed by atoms with Crippen LogP contribution in [0.4, 0.5) is 13.2 Å². The number of ketones is 1. The topological polar surface area (TPSA) is 92.7 Å².